The summed E-state index contributed by atoms with van der Waals surface area (Å²) in [6, 6.07) is 17.2. The molecule has 150 valence electrons. The fourth-order valence-corrected chi connectivity index (χ4v) is 4.18. The van der Waals surface area contributed by atoms with Crippen LogP contribution < -0.4 is 10.6 Å². The van der Waals surface area contributed by atoms with Crippen LogP contribution in [0.5, 0.6) is 0 Å². The molecular weight excluding hydrogens is 366 g/mol. The van der Waals surface area contributed by atoms with Gasteiger partial charge in [0.1, 0.15) is 5.54 Å². The van der Waals surface area contributed by atoms with E-state index in [2.05, 4.69) is 10.6 Å². The lowest BCUT2D eigenvalue weighted by Crippen LogP contribution is -2.44. The first kappa shape index (κ1) is 19.2. The van der Waals surface area contributed by atoms with Crippen molar-refractivity contribution in [2.75, 3.05) is 13.1 Å². The van der Waals surface area contributed by atoms with Crippen molar-refractivity contribution in [3.63, 3.8) is 0 Å². The first-order valence-electron chi connectivity index (χ1n) is 10.2. The predicted octanol–water partition coefficient (Wildman–Crippen LogP) is 3.34. The molecule has 1 saturated carbocycles. The lowest BCUT2D eigenvalue weighted by Gasteiger charge is -2.20. The van der Waals surface area contributed by atoms with Crippen molar-refractivity contribution in [3.8, 4) is 11.1 Å². The predicted molar refractivity (Wildman–Crippen MR) is 110 cm³/mol. The molecule has 0 bridgehead atoms. The number of amides is 4. The highest BCUT2D eigenvalue weighted by molar-refractivity contribution is 6.07. The number of nitrogens with zero attached hydrogens (tertiary/aromatic N) is 1. The molecule has 1 aliphatic heterocycles. The zero-order valence-corrected chi connectivity index (χ0v) is 16.3. The summed E-state index contributed by atoms with van der Waals surface area (Å²) in [6.45, 7) is 0.725. The highest BCUT2D eigenvalue weighted by Gasteiger charge is 2.51. The second kappa shape index (κ2) is 8.07. The molecule has 2 aromatic carbocycles. The average molecular weight is 391 g/mol. The van der Waals surface area contributed by atoms with Crippen molar-refractivity contribution in [1.29, 1.82) is 0 Å². The molecule has 0 radical (unpaired) electrons. The summed E-state index contributed by atoms with van der Waals surface area (Å²) in [7, 11) is 0. The van der Waals surface area contributed by atoms with Crippen molar-refractivity contribution in [3.05, 3.63) is 60.2 Å². The van der Waals surface area contributed by atoms with E-state index in [1.54, 1.807) is 12.1 Å². The van der Waals surface area contributed by atoms with Gasteiger partial charge >= 0.3 is 6.03 Å². The summed E-state index contributed by atoms with van der Waals surface area (Å²) in [5, 5.41) is 5.74. The Morgan fingerprint density at radius 1 is 0.966 bits per heavy atom. The van der Waals surface area contributed by atoms with Gasteiger partial charge in [0, 0.05) is 18.7 Å². The minimum atomic E-state index is -0.666. The minimum absolute atomic E-state index is 0.108. The molecule has 2 aromatic rings. The second-order valence-electron chi connectivity index (χ2n) is 7.73. The van der Waals surface area contributed by atoms with Crippen LogP contribution >= 0.6 is 0 Å². The van der Waals surface area contributed by atoms with Gasteiger partial charge in [0.25, 0.3) is 11.8 Å². The summed E-state index contributed by atoms with van der Waals surface area (Å²) in [5.74, 6) is -0.267. The molecule has 6 nitrogen and oxygen atoms in total. The highest BCUT2D eigenvalue weighted by atomic mass is 16.2. The van der Waals surface area contributed by atoms with E-state index in [-0.39, 0.29) is 17.8 Å². The smallest absolute Gasteiger partial charge is 0.325 e. The van der Waals surface area contributed by atoms with Gasteiger partial charge < -0.3 is 10.6 Å². The van der Waals surface area contributed by atoms with Crippen LogP contribution in [0.1, 0.15) is 42.5 Å². The normalized spacial score (nSPS) is 17.6. The van der Waals surface area contributed by atoms with Crippen LogP contribution in [-0.2, 0) is 4.79 Å². The number of benzene rings is 2. The molecule has 4 amide bonds. The van der Waals surface area contributed by atoms with Crippen molar-refractivity contribution >= 4 is 17.8 Å². The second-order valence-corrected chi connectivity index (χ2v) is 7.73. The summed E-state index contributed by atoms with van der Waals surface area (Å²) in [5.41, 5.74) is 2.08. The van der Waals surface area contributed by atoms with Crippen LogP contribution in [-0.4, -0.2) is 41.4 Å². The molecule has 1 spiro atoms. The fourth-order valence-electron chi connectivity index (χ4n) is 4.18. The van der Waals surface area contributed by atoms with Gasteiger partial charge in [0.2, 0.25) is 0 Å². The number of hydrogen-bond donors (Lipinski definition) is 2. The van der Waals surface area contributed by atoms with E-state index in [9.17, 15) is 14.4 Å². The molecule has 0 unspecified atom stereocenters. The lowest BCUT2D eigenvalue weighted by atomic mass is 9.98. The van der Waals surface area contributed by atoms with E-state index in [0.717, 1.165) is 36.8 Å². The Morgan fingerprint density at radius 2 is 1.62 bits per heavy atom. The topological polar surface area (TPSA) is 78.5 Å². The van der Waals surface area contributed by atoms with Crippen molar-refractivity contribution < 1.29 is 14.4 Å². The van der Waals surface area contributed by atoms with Crippen LogP contribution in [0.2, 0.25) is 0 Å². The number of imide groups is 1. The standard InChI is InChI=1S/C23H25N3O3/c27-20(19-11-9-18(10-12-19)17-7-2-1-3-8-17)24-15-6-16-26-21(28)23(25-22(26)29)13-4-5-14-23/h1-3,7-12H,4-6,13-16H2,(H,24,27)(H,25,29). The Labute approximate surface area is 170 Å². The largest absolute Gasteiger partial charge is 0.352 e. The molecule has 2 fully saturated rings. The highest BCUT2D eigenvalue weighted by Crippen LogP contribution is 2.35. The SMILES string of the molecule is O=C(NCCCN1C(=O)NC2(CCCC2)C1=O)c1ccc(-c2ccccc2)cc1. The van der Waals surface area contributed by atoms with Gasteiger partial charge in [0.05, 0.1) is 0 Å². The Kier molecular flexibility index (Phi) is 5.34. The molecule has 2 N–H and O–H groups in total. The van der Waals surface area contributed by atoms with Crippen LogP contribution in [0.4, 0.5) is 4.79 Å². The van der Waals surface area contributed by atoms with Gasteiger partial charge in [-0.2, -0.15) is 0 Å². The van der Waals surface area contributed by atoms with Crippen molar-refractivity contribution in [2.24, 2.45) is 0 Å². The Morgan fingerprint density at radius 3 is 2.31 bits per heavy atom. The molecule has 1 heterocycles. The molecule has 6 heteroatoms. The molecule has 1 saturated heterocycles. The van der Waals surface area contributed by atoms with E-state index in [1.165, 1.54) is 4.90 Å². The maximum Gasteiger partial charge on any atom is 0.325 e. The van der Waals surface area contributed by atoms with Crippen LogP contribution in [0.3, 0.4) is 0 Å². The fraction of sp³-hybridized carbons (Fsp3) is 0.348. The molecule has 4 rings (SSSR count). The summed E-state index contributed by atoms with van der Waals surface area (Å²) >= 11 is 0. The number of urea groups is 1. The van der Waals surface area contributed by atoms with E-state index >= 15 is 0 Å². The Bertz CT molecular complexity index is 903. The number of nitrogens with one attached hydrogen (secondary N) is 2. The van der Waals surface area contributed by atoms with E-state index in [0.29, 0.717) is 25.1 Å². The number of hydrogen-bond acceptors (Lipinski definition) is 3. The molecule has 0 atom stereocenters. The van der Waals surface area contributed by atoms with E-state index in [4.69, 9.17) is 0 Å². The third-order valence-electron chi connectivity index (χ3n) is 5.80. The summed E-state index contributed by atoms with van der Waals surface area (Å²) in [4.78, 5) is 38.4. The van der Waals surface area contributed by atoms with E-state index < -0.39 is 5.54 Å². The minimum Gasteiger partial charge on any atom is -0.352 e. The maximum atomic E-state index is 12.6. The van der Waals surface area contributed by atoms with Gasteiger partial charge in [-0.1, -0.05) is 55.3 Å². The molecule has 2 aliphatic rings. The molecule has 29 heavy (non-hydrogen) atoms. The Hall–Kier alpha value is -3.15. The number of carbonyl (C=O) groups excluding carboxylic acids is 3. The van der Waals surface area contributed by atoms with Crippen LogP contribution in [0.15, 0.2) is 54.6 Å². The molecule has 0 aromatic heterocycles. The summed E-state index contributed by atoms with van der Waals surface area (Å²) < 4.78 is 0. The summed E-state index contributed by atoms with van der Waals surface area (Å²) in [6.07, 6.45) is 3.93. The third kappa shape index (κ3) is 3.88. The Balaban J connectivity index is 1.26. The number of carbonyl (C=O) groups is 3. The first-order chi connectivity index (χ1) is 14.1. The third-order valence-corrected chi connectivity index (χ3v) is 5.80. The monoisotopic (exact) mass is 391 g/mol. The van der Waals surface area contributed by atoms with Gasteiger partial charge in [0.15, 0.2) is 0 Å². The first-order valence-corrected chi connectivity index (χ1v) is 10.2. The molecular formula is C23H25N3O3. The zero-order valence-electron chi connectivity index (χ0n) is 16.3. The zero-order chi connectivity index (χ0) is 20.3. The quantitative estimate of drug-likeness (QED) is 0.586. The maximum absolute atomic E-state index is 12.6. The van der Waals surface area contributed by atoms with Crippen molar-refractivity contribution in [1.82, 2.24) is 15.5 Å². The van der Waals surface area contributed by atoms with Gasteiger partial charge in [-0.3, -0.25) is 14.5 Å². The van der Waals surface area contributed by atoms with Gasteiger partial charge in [-0.25, -0.2) is 4.79 Å². The van der Waals surface area contributed by atoms with Crippen LogP contribution in [0.25, 0.3) is 11.1 Å². The number of rotatable bonds is 6. The van der Waals surface area contributed by atoms with E-state index in [1.807, 2.05) is 42.5 Å². The van der Waals surface area contributed by atoms with Gasteiger partial charge in [-0.15, -0.1) is 0 Å². The van der Waals surface area contributed by atoms with Crippen LogP contribution in [0, 0.1) is 0 Å². The average Bonchev–Trinajstić information content (AvgIpc) is 3.31. The lowest BCUT2D eigenvalue weighted by molar-refractivity contribution is -0.131. The van der Waals surface area contributed by atoms with Crippen molar-refractivity contribution in [2.45, 2.75) is 37.6 Å². The van der Waals surface area contributed by atoms with Gasteiger partial charge in [-0.05, 0) is 42.5 Å². The molecule has 1 aliphatic carbocycles.